The van der Waals surface area contributed by atoms with E-state index in [9.17, 15) is 0 Å². The lowest BCUT2D eigenvalue weighted by Gasteiger charge is -2.13. The normalized spacial score (nSPS) is 14.2. The van der Waals surface area contributed by atoms with E-state index < -0.39 is 0 Å². The number of benzene rings is 1. The summed E-state index contributed by atoms with van der Waals surface area (Å²) in [7, 11) is 0. The summed E-state index contributed by atoms with van der Waals surface area (Å²) < 4.78 is 5.53. The van der Waals surface area contributed by atoms with Gasteiger partial charge < -0.3 is 15.4 Å². The molecule has 2 rings (SSSR count). The van der Waals surface area contributed by atoms with Gasteiger partial charge in [0.15, 0.2) is 5.11 Å². The lowest BCUT2D eigenvalue weighted by atomic mass is 10.3. The highest BCUT2D eigenvalue weighted by molar-refractivity contribution is 7.80. The number of anilines is 1. The van der Waals surface area contributed by atoms with Crippen molar-refractivity contribution < 1.29 is 4.74 Å². The molecule has 17 heavy (non-hydrogen) atoms. The molecule has 0 aliphatic heterocycles. The van der Waals surface area contributed by atoms with Gasteiger partial charge in [0.25, 0.3) is 0 Å². The van der Waals surface area contributed by atoms with Gasteiger partial charge in [-0.25, -0.2) is 0 Å². The molecule has 0 amide bonds. The third-order valence-corrected chi connectivity index (χ3v) is 2.93. The molecule has 0 aromatic heterocycles. The van der Waals surface area contributed by atoms with Crippen LogP contribution in [0.4, 0.5) is 5.69 Å². The summed E-state index contributed by atoms with van der Waals surface area (Å²) in [5.41, 5.74) is 0.919. The van der Waals surface area contributed by atoms with Crippen LogP contribution in [-0.4, -0.2) is 18.3 Å². The van der Waals surface area contributed by atoms with Gasteiger partial charge in [0.1, 0.15) is 5.75 Å². The quantitative estimate of drug-likeness (QED) is 0.787. The molecule has 1 fully saturated rings. The molecule has 1 aliphatic carbocycles. The van der Waals surface area contributed by atoms with Gasteiger partial charge in [-0.15, -0.1) is 0 Å². The van der Waals surface area contributed by atoms with E-state index >= 15 is 0 Å². The first-order valence-corrected chi connectivity index (χ1v) is 6.47. The van der Waals surface area contributed by atoms with Crippen LogP contribution in [0.1, 0.15) is 19.8 Å². The van der Waals surface area contributed by atoms with E-state index in [1.165, 1.54) is 12.8 Å². The second kappa shape index (κ2) is 5.87. The van der Waals surface area contributed by atoms with Crippen molar-refractivity contribution >= 4 is 23.0 Å². The number of hydrogen-bond acceptors (Lipinski definition) is 2. The molecule has 92 valence electrons. The highest BCUT2D eigenvalue weighted by Gasteiger charge is 2.20. The zero-order valence-corrected chi connectivity index (χ0v) is 10.8. The van der Waals surface area contributed by atoms with E-state index in [2.05, 4.69) is 10.6 Å². The third-order valence-electron chi connectivity index (χ3n) is 2.68. The Kier molecular flexibility index (Phi) is 4.20. The van der Waals surface area contributed by atoms with Gasteiger partial charge in [0, 0.05) is 6.54 Å². The van der Waals surface area contributed by atoms with Crippen LogP contribution >= 0.6 is 12.2 Å². The van der Waals surface area contributed by atoms with Crippen LogP contribution in [0.3, 0.4) is 0 Å². The molecule has 0 atom stereocenters. The van der Waals surface area contributed by atoms with Crippen LogP contribution < -0.4 is 15.4 Å². The fourth-order valence-corrected chi connectivity index (χ4v) is 1.77. The zero-order chi connectivity index (χ0) is 12.1. The lowest BCUT2D eigenvalue weighted by Crippen LogP contribution is -2.30. The number of rotatable bonds is 5. The summed E-state index contributed by atoms with van der Waals surface area (Å²) in [4.78, 5) is 0. The minimum Gasteiger partial charge on any atom is -0.492 e. The lowest BCUT2D eigenvalue weighted by molar-refractivity contribution is 0.342. The van der Waals surface area contributed by atoms with Crippen LogP contribution in [0, 0.1) is 5.92 Å². The number of nitrogens with one attached hydrogen (secondary N) is 2. The first-order valence-electron chi connectivity index (χ1n) is 6.06. The second-order valence-electron chi connectivity index (χ2n) is 4.21. The van der Waals surface area contributed by atoms with E-state index in [1.807, 2.05) is 31.2 Å². The maximum atomic E-state index is 5.53. The van der Waals surface area contributed by atoms with E-state index in [-0.39, 0.29) is 0 Å². The smallest absolute Gasteiger partial charge is 0.170 e. The van der Waals surface area contributed by atoms with Crippen LogP contribution in [0.2, 0.25) is 0 Å². The highest BCUT2D eigenvalue weighted by Crippen LogP contribution is 2.28. The Hall–Kier alpha value is -1.29. The first kappa shape index (κ1) is 12.2. The SMILES string of the molecule is CCOc1ccccc1NC(=S)NCC1CC1. The molecule has 0 radical (unpaired) electrons. The second-order valence-corrected chi connectivity index (χ2v) is 4.62. The fourth-order valence-electron chi connectivity index (χ4n) is 1.58. The summed E-state index contributed by atoms with van der Waals surface area (Å²) in [5.74, 6) is 1.66. The molecular weight excluding hydrogens is 232 g/mol. The standard InChI is InChI=1S/C13H18N2OS/c1-2-16-12-6-4-3-5-11(12)15-13(17)14-9-10-7-8-10/h3-6,10H,2,7-9H2,1H3,(H2,14,15,17). The van der Waals surface area contributed by atoms with Crippen molar-refractivity contribution in [3.63, 3.8) is 0 Å². The van der Waals surface area contributed by atoms with Crippen molar-refractivity contribution in [2.24, 2.45) is 5.92 Å². The van der Waals surface area contributed by atoms with Crippen LogP contribution in [-0.2, 0) is 0 Å². The Morgan fingerprint density at radius 1 is 1.41 bits per heavy atom. The summed E-state index contributed by atoms with van der Waals surface area (Å²) in [6.45, 7) is 3.60. The molecule has 0 saturated heterocycles. The van der Waals surface area contributed by atoms with Gasteiger partial charge in [0.2, 0.25) is 0 Å². The van der Waals surface area contributed by atoms with Gasteiger partial charge in [-0.2, -0.15) is 0 Å². The predicted octanol–water partition coefficient (Wildman–Crippen LogP) is 2.78. The molecule has 1 saturated carbocycles. The number of ether oxygens (including phenoxy) is 1. The van der Waals surface area contributed by atoms with Gasteiger partial charge in [0.05, 0.1) is 12.3 Å². The summed E-state index contributed by atoms with van der Waals surface area (Å²) in [6, 6.07) is 7.83. The highest BCUT2D eigenvalue weighted by atomic mass is 32.1. The van der Waals surface area contributed by atoms with Crippen LogP contribution in [0.25, 0.3) is 0 Å². The predicted molar refractivity (Wildman–Crippen MR) is 74.6 cm³/mol. The molecule has 2 N–H and O–H groups in total. The van der Waals surface area contributed by atoms with E-state index in [0.717, 1.165) is 23.9 Å². The molecule has 4 heteroatoms. The van der Waals surface area contributed by atoms with E-state index in [1.54, 1.807) is 0 Å². The van der Waals surface area contributed by atoms with E-state index in [4.69, 9.17) is 17.0 Å². The first-order chi connectivity index (χ1) is 8.29. The molecular formula is C13H18N2OS. The molecule has 1 aromatic carbocycles. The van der Waals surface area contributed by atoms with Crippen molar-refractivity contribution in [2.45, 2.75) is 19.8 Å². The Labute approximate surface area is 108 Å². The number of thiocarbonyl (C=S) groups is 1. The topological polar surface area (TPSA) is 33.3 Å². The molecule has 0 bridgehead atoms. The molecule has 0 unspecified atom stereocenters. The van der Waals surface area contributed by atoms with E-state index in [0.29, 0.717) is 11.7 Å². The van der Waals surface area contributed by atoms with Gasteiger partial charge >= 0.3 is 0 Å². The van der Waals surface area contributed by atoms with Crippen LogP contribution in [0.5, 0.6) is 5.75 Å². The molecule has 0 spiro atoms. The summed E-state index contributed by atoms with van der Waals surface area (Å²) in [6.07, 6.45) is 2.65. The van der Waals surface area contributed by atoms with Crippen molar-refractivity contribution in [3.05, 3.63) is 24.3 Å². The van der Waals surface area contributed by atoms with Crippen LogP contribution in [0.15, 0.2) is 24.3 Å². The van der Waals surface area contributed by atoms with Crippen molar-refractivity contribution in [2.75, 3.05) is 18.5 Å². The van der Waals surface area contributed by atoms with Crippen molar-refractivity contribution in [1.29, 1.82) is 0 Å². The summed E-state index contributed by atoms with van der Waals surface area (Å²) >= 11 is 5.25. The zero-order valence-electron chi connectivity index (χ0n) is 10.0. The van der Waals surface area contributed by atoms with Crippen molar-refractivity contribution in [3.8, 4) is 5.75 Å². The Balaban J connectivity index is 1.89. The average Bonchev–Trinajstić information content (AvgIpc) is 3.13. The third kappa shape index (κ3) is 3.89. The Bertz CT molecular complexity index is 391. The number of para-hydroxylation sites is 2. The minimum atomic E-state index is 0.654. The fraction of sp³-hybridized carbons (Fsp3) is 0.462. The van der Waals surface area contributed by atoms with Gasteiger partial charge in [-0.3, -0.25) is 0 Å². The van der Waals surface area contributed by atoms with Gasteiger partial charge in [-0.1, -0.05) is 12.1 Å². The van der Waals surface area contributed by atoms with Crippen molar-refractivity contribution in [1.82, 2.24) is 5.32 Å². The Morgan fingerprint density at radius 3 is 2.88 bits per heavy atom. The largest absolute Gasteiger partial charge is 0.492 e. The Morgan fingerprint density at radius 2 is 2.18 bits per heavy atom. The monoisotopic (exact) mass is 250 g/mol. The van der Waals surface area contributed by atoms with Gasteiger partial charge in [-0.05, 0) is 50.0 Å². The minimum absolute atomic E-state index is 0.654. The molecule has 1 aromatic rings. The maximum absolute atomic E-state index is 5.53. The molecule has 1 aliphatic rings. The number of hydrogen-bond donors (Lipinski definition) is 2. The maximum Gasteiger partial charge on any atom is 0.170 e. The summed E-state index contributed by atoms with van der Waals surface area (Å²) in [5, 5.41) is 7.07. The molecule has 0 heterocycles. The molecule has 3 nitrogen and oxygen atoms in total. The average molecular weight is 250 g/mol.